The number of aromatic nitrogens is 2. The minimum atomic E-state index is 1.09. The zero-order valence-corrected chi connectivity index (χ0v) is 13.8. The number of hydrogen-bond donors (Lipinski definition) is 0. The van der Waals surface area contributed by atoms with Gasteiger partial charge < -0.3 is 0 Å². The second-order valence-corrected chi connectivity index (χ2v) is 7.83. The van der Waals surface area contributed by atoms with Gasteiger partial charge in [0.1, 0.15) is 16.2 Å². The first kappa shape index (κ1) is 12.8. The van der Waals surface area contributed by atoms with E-state index in [2.05, 4.69) is 50.2 Å². The lowest BCUT2D eigenvalue weighted by Crippen LogP contribution is -1.86. The topological polar surface area (TPSA) is 25.8 Å². The van der Waals surface area contributed by atoms with Crippen LogP contribution in [0.5, 0.6) is 0 Å². The predicted octanol–water partition coefficient (Wildman–Crippen LogP) is 5.09. The smallest absolute Gasteiger partial charge is 0.128 e. The van der Waals surface area contributed by atoms with Crippen molar-refractivity contribution in [2.24, 2.45) is 0 Å². The van der Waals surface area contributed by atoms with Crippen LogP contribution in [0.25, 0.3) is 10.2 Å². The van der Waals surface area contributed by atoms with Crippen LogP contribution in [0.3, 0.4) is 0 Å². The second-order valence-electron chi connectivity index (χ2n) is 4.77. The van der Waals surface area contributed by atoms with Crippen molar-refractivity contribution >= 4 is 49.2 Å². The predicted molar refractivity (Wildman–Crippen MR) is 87.7 cm³/mol. The number of nitrogens with zero attached hydrogens (tertiary/aromatic N) is 2. The fourth-order valence-corrected chi connectivity index (χ4v) is 5.07. The molecule has 0 fully saturated rings. The Kier molecular flexibility index (Phi) is 3.28. The Hall–Kier alpha value is -0.910. The third-order valence-electron chi connectivity index (χ3n) is 3.49. The summed E-state index contributed by atoms with van der Waals surface area (Å²) in [7, 11) is 0. The van der Waals surface area contributed by atoms with Crippen molar-refractivity contribution in [3.05, 3.63) is 45.5 Å². The van der Waals surface area contributed by atoms with E-state index in [-0.39, 0.29) is 0 Å². The van der Waals surface area contributed by atoms with Gasteiger partial charge in [0, 0.05) is 19.6 Å². The van der Waals surface area contributed by atoms with Gasteiger partial charge in [-0.2, -0.15) is 0 Å². The van der Waals surface area contributed by atoms with E-state index in [9.17, 15) is 0 Å². The molecule has 0 aliphatic heterocycles. The number of hydrogen-bond acceptors (Lipinski definition) is 4. The van der Waals surface area contributed by atoms with Crippen molar-refractivity contribution in [1.82, 2.24) is 9.97 Å². The van der Waals surface area contributed by atoms with Gasteiger partial charge in [-0.05, 0) is 49.1 Å². The van der Waals surface area contributed by atoms with Crippen LogP contribution in [0.2, 0.25) is 0 Å². The van der Waals surface area contributed by atoms with Crippen molar-refractivity contribution in [2.75, 3.05) is 0 Å². The van der Waals surface area contributed by atoms with Gasteiger partial charge in [-0.25, -0.2) is 9.97 Å². The summed E-state index contributed by atoms with van der Waals surface area (Å²) in [6.07, 6.45) is 5.35. The maximum atomic E-state index is 4.52. The summed E-state index contributed by atoms with van der Waals surface area (Å²) in [5.41, 5.74) is 1.49. The fraction of sp³-hybridized carbons (Fsp3) is 0.200. The highest BCUT2D eigenvalue weighted by Gasteiger charge is 2.21. The normalized spacial score (nSPS) is 13.8. The molecule has 1 aromatic carbocycles. The fourth-order valence-electron chi connectivity index (χ4n) is 2.59. The standard InChI is InChI=1S/C15H11BrN2S2/c16-9-4-6-10(7-5-9)19-14-13-11-2-1-3-12(11)20-15(13)18-8-17-14/h4-8H,1-3H2. The summed E-state index contributed by atoms with van der Waals surface area (Å²) < 4.78 is 1.10. The first-order valence-corrected chi connectivity index (χ1v) is 8.92. The Morgan fingerprint density at radius 1 is 1.10 bits per heavy atom. The van der Waals surface area contributed by atoms with Crippen molar-refractivity contribution in [1.29, 1.82) is 0 Å². The summed E-state index contributed by atoms with van der Waals surface area (Å²) in [4.78, 5) is 12.8. The molecule has 1 aliphatic carbocycles. The van der Waals surface area contributed by atoms with E-state index in [1.807, 2.05) is 11.3 Å². The molecule has 0 atom stereocenters. The van der Waals surface area contributed by atoms with E-state index < -0.39 is 0 Å². The molecule has 0 N–H and O–H groups in total. The second kappa shape index (κ2) is 5.13. The number of halogens is 1. The average molecular weight is 363 g/mol. The SMILES string of the molecule is Brc1ccc(Sc2ncnc3sc4c(c23)CCC4)cc1. The summed E-state index contributed by atoms with van der Waals surface area (Å²) >= 11 is 7.04. The Morgan fingerprint density at radius 2 is 1.95 bits per heavy atom. The number of rotatable bonds is 2. The minimum absolute atomic E-state index is 1.09. The van der Waals surface area contributed by atoms with Gasteiger partial charge in [0.15, 0.2) is 0 Å². The van der Waals surface area contributed by atoms with Gasteiger partial charge in [0.2, 0.25) is 0 Å². The highest BCUT2D eigenvalue weighted by Crippen LogP contribution is 2.41. The number of aryl methyl sites for hydroxylation is 2. The van der Waals surface area contributed by atoms with Crippen LogP contribution in [0.15, 0.2) is 45.0 Å². The largest absolute Gasteiger partial charge is 0.229 e. The summed E-state index contributed by atoms with van der Waals surface area (Å²) in [5, 5.41) is 2.38. The van der Waals surface area contributed by atoms with E-state index in [1.54, 1.807) is 18.1 Å². The zero-order chi connectivity index (χ0) is 13.5. The van der Waals surface area contributed by atoms with Gasteiger partial charge in [-0.3, -0.25) is 0 Å². The molecule has 20 heavy (non-hydrogen) atoms. The molecular formula is C15H11BrN2S2. The molecule has 5 heteroatoms. The van der Waals surface area contributed by atoms with Gasteiger partial charge in [-0.1, -0.05) is 27.7 Å². The van der Waals surface area contributed by atoms with Crippen LogP contribution in [0.4, 0.5) is 0 Å². The van der Waals surface area contributed by atoms with Crippen LogP contribution >= 0.6 is 39.0 Å². The number of fused-ring (bicyclic) bond motifs is 3. The van der Waals surface area contributed by atoms with E-state index in [0.29, 0.717) is 0 Å². The molecule has 4 rings (SSSR count). The first-order valence-electron chi connectivity index (χ1n) is 6.50. The molecule has 3 aromatic rings. The van der Waals surface area contributed by atoms with Crippen LogP contribution < -0.4 is 0 Å². The lowest BCUT2D eigenvalue weighted by Gasteiger charge is -2.04. The molecule has 0 spiro atoms. The number of thiophene rings is 1. The van der Waals surface area contributed by atoms with E-state index in [4.69, 9.17) is 0 Å². The molecule has 2 nitrogen and oxygen atoms in total. The van der Waals surface area contributed by atoms with Crippen molar-refractivity contribution in [3.8, 4) is 0 Å². The Morgan fingerprint density at radius 3 is 2.80 bits per heavy atom. The van der Waals surface area contributed by atoms with E-state index >= 15 is 0 Å². The highest BCUT2D eigenvalue weighted by molar-refractivity contribution is 9.10. The molecule has 0 radical (unpaired) electrons. The Bertz CT molecular complexity index is 780. The molecule has 2 aromatic heterocycles. The van der Waals surface area contributed by atoms with Crippen LogP contribution in [-0.4, -0.2) is 9.97 Å². The molecule has 0 saturated heterocycles. The molecule has 1 aliphatic rings. The Labute approximate surface area is 133 Å². The molecule has 0 unspecified atom stereocenters. The van der Waals surface area contributed by atoms with Crippen LogP contribution in [0.1, 0.15) is 16.9 Å². The van der Waals surface area contributed by atoms with Crippen molar-refractivity contribution in [3.63, 3.8) is 0 Å². The lowest BCUT2D eigenvalue weighted by atomic mass is 10.2. The molecule has 2 heterocycles. The van der Waals surface area contributed by atoms with E-state index in [1.165, 1.54) is 40.0 Å². The van der Waals surface area contributed by atoms with Crippen molar-refractivity contribution in [2.45, 2.75) is 29.2 Å². The third-order valence-corrected chi connectivity index (χ3v) is 6.23. The van der Waals surface area contributed by atoms with Gasteiger partial charge >= 0.3 is 0 Å². The van der Waals surface area contributed by atoms with Gasteiger partial charge in [-0.15, -0.1) is 11.3 Å². The maximum absolute atomic E-state index is 4.52. The van der Waals surface area contributed by atoms with E-state index in [0.717, 1.165) is 14.3 Å². The van der Waals surface area contributed by atoms with Crippen molar-refractivity contribution < 1.29 is 0 Å². The Balaban J connectivity index is 1.81. The molecule has 100 valence electrons. The summed E-state index contributed by atoms with van der Waals surface area (Å²) in [5.74, 6) is 0. The van der Waals surface area contributed by atoms with Crippen LogP contribution in [-0.2, 0) is 12.8 Å². The maximum Gasteiger partial charge on any atom is 0.128 e. The number of benzene rings is 1. The van der Waals surface area contributed by atoms with Gasteiger partial charge in [0.25, 0.3) is 0 Å². The quantitative estimate of drug-likeness (QED) is 0.593. The highest BCUT2D eigenvalue weighted by atomic mass is 79.9. The first-order chi connectivity index (χ1) is 9.81. The third kappa shape index (κ3) is 2.18. The lowest BCUT2D eigenvalue weighted by molar-refractivity contribution is 0.915. The summed E-state index contributed by atoms with van der Waals surface area (Å²) in [6.45, 7) is 0. The molecule has 0 saturated carbocycles. The zero-order valence-electron chi connectivity index (χ0n) is 10.6. The monoisotopic (exact) mass is 362 g/mol. The molecule has 0 bridgehead atoms. The van der Waals surface area contributed by atoms with Crippen LogP contribution in [0, 0.1) is 0 Å². The average Bonchev–Trinajstić information content (AvgIpc) is 3.02. The summed E-state index contributed by atoms with van der Waals surface area (Å²) in [6, 6.07) is 8.38. The molecular weight excluding hydrogens is 352 g/mol. The molecule has 0 amide bonds. The minimum Gasteiger partial charge on any atom is -0.229 e. The van der Waals surface area contributed by atoms with Gasteiger partial charge in [0.05, 0.1) is 0 Å².